The van der Waals surface area contributed by atoms with Gasteiger partial charge in [0, 0.05) is 6.04 Å². The molecule has 5 nitrogen and oxygen atoms in total. The third-order valence-electron chi connectivity index (χ3n) is 3.33. The minimum Gasteiger partial charge on any atom is -0.472 e. The van der Waals surface area contributed by atoms with Crippen LogP contribution in [0, 0.1) is 5.92 Å². The molecule has 2 rings (SSSR count). The van der Waals surface area contributed by atoms with Crippen molar-refractivity contribution < 1.29 is 18.7 Å². The fourth-order valence-corrected chi connectivity index (χ4v) is 2.36. The topological polar surface area (TPSA) is 68.5 Å². The smallest absolute Gasteiger partial charge is 0.308 e. The maximum Gasteiger partial charge on any atom is 0.308 e. The molecular formula is C13H17NO4. The van der Waals surface area contributed by atoms with E-state index in [1.165, 1.54) is 19.6 Å². The number of carbonyl (C=O) groups is 2. The highest BCUT2D eigenvalue weighted by Crippen LogP contribution is 2.25. The molecule has 0 radical (unpaired) electrons. The molecule has 1 fully saturated rings. The molecule has 0 bridgehead atoms. The van der Waals surface area contributed by atoms with Crippen molar-refractivity contribution in [1.29, 1.82) is 0 Å². The van der Waals surface area contributed by atoms with Gasteiger partial charge >= 0.3 is 5.97 Å². The van der Waals surface area contributed by atoms with Crippen molar-refractivity contribution in [2.45, 2.75) is 31.7 Å². The van der Waals surface area contributed by atoms with E-state index in [0.29, 0.717) is 12.0 Å². The zero-order valence-corrected chi connectivity index (χ0v) is 10.3. The van der Waals surface area contributed by atoms with E-state index in [4.69, 9.17) is 9.15 Å². The van der Waals surface area contributed by atoms with E-state index in [1.807, 2.05) is 0 Å². The zero-order valence-electron chi connectivity index (χ0n) is 10.3. The second-order valence-electron chi connectivity index (χ2n) is 4.57. The average molecular weight is 251 g/mol. The largest absolute Gasteiger partial charge is 0.472 e. The van der Waals surface area contributed by atoms with E-state index in [9.17, 15) is 9.59 Å². The summed E-state index contributed by atoms with van der Waals surface area (Å²) in [4.78, 5) is 23.3. The van der Waals surface area contributed by atoms with Crippen LogP contribution in [0.5, 0.6) is 0 Å². The van der Waals surface area contributed by atoms with Crippen LogP contribution in [0.15, 0.2) is 23.0 Å². The number of nitrogens with one attached hydrogen (secondary N) is 1. The van der Waals surface area contributed by atoms with Crippen LogP contribution in [0.2, 0.25) is 0 Å². The average Bonchev–Trinajstić information content (AvgIpc) is 2.92. The van der Waals surface area contributed by atoms with E-state index < -0.39 is 0 Å². The van der Waals surface area contributed by atoms with Crippen molar-refractivity contribution in [3.8, 4) is 0 Å². The molecule has 0 aromatic carbocycles. The summed E-state index contributed by atoms with van der Waals surface area (Å²) in [6.07, 6.45) is 6.19. The summed E-state index contributed by atoms with van der Waals surface area (Å²) in [5.41, 5.74) is 0.509. The van der Waals surface area contributed by atoms with Gasteiger partial charge in [-0.15, -0.1) is 0 Å². The highest BCUT2D eigenvalue weighted by Gasteiger charge is 2.28. The number of carbonyl (C=O) groups excluding carboxylic acids is 2. The van der Waals surface area contributed by atoms with Gasteiger partial charge in [-0.05, 0) is 25.3 Å². The van der Waals surface area contributed by atoms with Gasteiger partial charge in [-0.2, -0.15) is 0 Å². The third kappa shape index (κ3) is 2.91. The summed E-state index contributed by atoms with van der Waals surface area (Å²) in [6, 6.07) is 1.65. The predicted octanol–water partition coefficient (Wildman–Crippen LogP) is 1.74. The SMILES string of the molecule is COC(=O)[C@@H]1CCC[C@@H](NC(=O)c2ccoc2)C1. The summed E-state index contributed by atoms with van der Waals surface area (Å²) in [7, 11) is 1.40. The van der Waals surface area contributed by atoms with Crippen molar-refractivity contribution >= 4 is 11.9 Å². The normalized spacial score (nSPS) is 23.4. The van der Waals surface area contributed by atoms with Gasteiger partial charge in [0.05, 0.1) is 24.9 Å². The monoisotopic (exact) mass is 251 g/mol. The van der Waals surface area contributed by atoms with Crippen molar-refractivity contribution in [2.75, 3.05) is 7.11 Å². The molecule has 1 amide bonds. The molecule has 0 aliphatic heterocycles. The summed E-state index contributed by atoms with van der Waals surface area (Å²) in [5, 5.41) is 2.92. The maximum atomic E-state index is 11.8. The Morgan fingerprint density at radius 2 is 2.28 bits per heavy atom. The third-order valence-corrected chi connectivity index (χ3v) is 3.33. The lowest BCUT2D eigenvalue weighted by atomic mass is 9.85. The molecule has 1 aromatic heterocycles. The minimum atomic E-state index is -0.183. The van der Waals surface area contributed by atoms with Crippen molar-refractivity contribution in [3.63, 3.8) is 0 Å². The molecule has 0 saturated heterocycles. The Morgan fingerprint density at radius 1 is 1.44 bits per heavy atom. The Morgan fingerprint density at radius 3 is 2.94 bits per heavy atom. The van der Waals surface area contributed by atoms with E-state index in [1.54, 1.807) is 6.07 Å². The second-order valence-corrected chi connectivity index (χ2v) is 4.57. The Labute approximate surface area is 105 Å². The number of hydrogen-bond acceptors (Lipinski definition) is 4. The van der Waals surface area contributed by atoms with Crippen molar-refractivity contribution in [3.05, 3.63) is 24.2 Å². The maximum absolute atomic E-state index is 11.8. The standard InChI is InChI=1S/C13H17NO4/c1-17-13(16)9-3-2-4-11(7-9)14-12(15)10-5-6-18-8-10/h5-6,8-9,11H,2-4,7H2,1H3,(H,14,15)/t9-,11-/m1/s1. The van der Waals surface area contributed by atoms with Gasteiger partial charge in [0.2, 0.25) is 0 Å². The lowest BCUT2D eigenvalue weighted by Crippen LogP contribution is -2.40. The first-order chi connectivity index (χ1) is 8.70. The highest BCUT2D eigenvalue weighted by molar-refractivity contribution is 5.94. The van der Waals surface area contributed by atoms with Crippen LogP contribution in [0.4, 0.5) is 0 Å². The van der Waals surface area contributed by atoms with E-state index >= 15 is 0 Å². The predicted molar refractivity (Wildman–Crippen MR) is 63.9 cm³/mol. The van der Waals surface area contributed by atoms with Gasteiger partial charge in [0.15, 0.2) is 0 Å². The highest BCUT2D eigenvalue weighted by atomic mass is 16.5. The zero-order chi connectivity index (χ0) is 13.0. The molecule has 0 spiro atoms. The molecule has 5 heteroatoms. The fraction of sp³-hybridized carbons (Fsp3) is 0.538. The van der Waals surface area contributed by atoms with E-state index in [2.05, 4.69) is 5.32 Å². The molecule has 2 atom stereocenters. The molecule has 1 aliphatic rings. The lowest BCUT2D eigenvalue weighted by molar-refractivity contribution is -0.146. The molecule has 1 aliphatic carbocycles. The van der Waals surface area contributed by atoms with Crippen LogP contribution in [0.25, 0.3) is 0 Å². The first-order valence-electron chi connectivity index (χ1n) is 6.11. The molecule has 0 unspecified atom stereocenters. The van der Waals surface area contributed by atoms with Gasteiger partial charge in [-0.1, -0.05) is 6.42 Å². The van der Waals surface area contributed by atoms with E-state index in [-0.39, 0.29) is 23.8 Å². The molecular weight excluding hydrogens is 234 g/mol. The molecule has 1 heterocycles. The van der Waals surface area contributed by atoms with Gasteiger partial charge in [-0.25, -0.2) is 0 Å². The minimum absolute atomic E-state index is 0.0326. The number of rotatable bonds is 3. The number of methoxy groups -OCH3 is 1. The molecule has 98 valence electrons. The Bertz CT molecular complexity index is 413. The molecule has 1 saturated carbocycles. The Balaban J connectivity index is 1.90. The Hall–Kier alpha value is -1.78. The Kier molecular flexibility index (Phi) is 4.02. The number of ether oxygens (including phenoxy) is 1. The van der Waals surface area contributed by atoms with Crippen molar-refractivity contribution in [1.82, 2.24) is 5.32 Å². The number of esters is 1. The number of furan rings is 1. The van der Waals surface area contributed by atoms with Crippen LogP contribution >= 0.6 is 0 Å². The van der Waals surface area contributed by atoms with Crippen LogP contribution in [-0.4, -0.2) is 25.0 Å². The quantitative estimate of drug-likeness (QED) is 0.831. The summed E-state index contributed by atoms with van der Waals surface area (Å²) >= 11 is 0. The van der Waals surface area contributed by atoms with Crippen LogP contribution in [0.3, 0.4) is 0 Å². The fourth-order valence-electron chi connectivity index (χ4n) is 2.36. The van der Waals surface area contributed by atoms with E-state index in [0.717, 1.165) is 19.3 Å². The van der Waals surface area contributed by atoms with Crippen LogP contribution in [-0.2, 0) is 9.53 Å². The molecule has 1 aromatic rings. The van der Waals surface area contributed by atoms with Crippen LogP contribution in [0.1, 0.15) is 36.0 Å². The van der Waals surface area contributed by atoms with Gasteiger partial charge in [-0.3, -0.25) is 9.59 Å². The number of hydrogen-bond donors (Lipinski definition) is 1. The van der Waals surface area contributed by atoms with Crippen molar-refractivity contribution in [2.24, 2.45) is 5.92 Å². The summed E-state index contributed by atoms with van der Waals surface area (Å²) < 4.78 is 9.62. The lowest BCUT2D eigenvalue weighted by Gasteiger charge is -2.27. The van der Waals surface area contributed by atoms with Gasteiger partial charge < -0.3 is 14.5 Å². The van der Waals surface area contributed by atoms with Crippen LogP contribution < -0.4 is 5.32 Å². The first kappa shape index (κ1) is 12.7. The van der Waals surface area contributed by atoms with Gasteiger partial charge in [0.25, 0.3) is 5.91 Å². The first-order valence-corrected chi connectivity index (χ1v) is 6.11. The summed E-state index contributed by atoms with van der Waals surface area (Å²) in [5.74, 6) is -0.435. The molecule has 18 heavy (non-hydrogen) atoms. The number of amides is 1. The second kappa shape index (κ2) is 5.71. The summed E-state index contributed by atoms with van der Waals surface area (Å²) in [6.45, 7) is 0. The van der Waals surface area contributed by atoms with Gasteiger partial charge in [0.1, 0.15) is 6.26 Å². The molecule has 1 N–H and O–H groups in total.